The second-order valence-corrected chi connectivity index (χ2v) is 6.82. The maximum absolute atomic E-state index is 12.7. The fourth-order valence-corrected chi connectivity index (χ4v) is 3.55. The third-order valence-electron chi connectivity index (χ3n) is 4.58. The van der Waals surface area contributed by atoms with E-state index in [1.165, 1.54) is 6.92 Å². The lowest BCUT2D eigenvalue weighted by Crippen LogP contribution is -2.30. The molecule has 0 bridgehead atoms. The summed E-state index contributed by atoms with van der Waals surface area (Å²) in [7, 11) is 0. The van der Waals surface area contributed by atoms with Crippen molar-refractivity contribution < 1.29 is 19.5 Å². The fourth-order valence-electron chi connectivity index (χ4n) is 3.28. The van der Waals surface area contributed by atoms with Gasteiger partial charge in [0.1, 0.15) is 0 Å². The van der Waals surface area contributed by atoms with E-state index in [-0.39, 0.29) is 18.2 Å². The summed E-state index contributed by atoms with van der Waals surface area (Å²) < 4.78 is 0. The van der Waals surface area contributed by atoms with Crippen LogP contribution < -0.4 is 10.2 Å². The van der Waals surface area contributed by atoms with E-state index in [1.807, 2.05) is 0 Å². The number of carbonyl (C=O) groups is 3. The normalized spacial score (nSPS) is 13.8. The fraction of sp³-hybridized carbons (Fsp3) is 0.250. The number of carbonyl (C=O) groups excluding carboxylic acids is 2. The number of benzene rings is 2. The number of rotatable bonds is 5. The SMILES string of the molecule is CC(=O)N1CCc2cc(C(=O)N[C@H](CC(=O)O)c3ccccc3Cl)ccc21. The molecule has 1 aliphatic heterocycles. The molecule has 140 valence electrons. The molecule has 0 radical (unpaired) electrons. The van der Waals surface area contributed by atoms with E-state index in [9.17, 15) is 19.5 Å². The monoisotopic (exact) mass is 386 g/mol. The lowest BCUT2D eigenvalue weighted by Gasteiger charge is -2.19. The first-order valence-electron chi connectivity index (χ1n) is 8.55. The smallest absolute Gasteiger partial charge is 0.305 e. The van der Waals surface area contributed by atoms with Crippen molar-refractivity contribution in [1.82, 2.24) is 5.32 Å². The number of hydrogen-bond acceptors (Lipinski definition) is 3. The van der Waals surface area contributed by atoms with Crippen molar-refractivity contribution in [2.24, 2.45) is 0 Å². The quantitative estimate of drug-likeness (QED) is 0.826. The molecule has 0 saturated heterocycles. The number of halogens is 1. The summed E-state index contributed by atoms with van der Waals surface area (Å²) in [5, 5.41) is 12.4. The van der Waals surface area contributed by atoms with Gasteiger partial charge in [-0.3, -0.25) is 14.4 Å². The number of amides is 2. The molecule has 0 spiro atoms. The predicted octanol–water partition coefficient (Wildman–Crippen LogP) is 3.19. The van der Waals surface area contributed by atoms with Crippen LogP contribution in [0.4, 0.5) is 5.69 Å². The lowest BCUT2D eigenvalue weighted by molar-refractivity contribution is -0.137. The summed E-state index contributed by atoms with van der Waals surface area (Å²) in [6, 6.07) is 11.2. The van der Waals surface area contributed by atoms with Crippen LogP contribution in [0.25, 0.3) is 0 Å². The van der Waals surface area contributed by atoms with Gasteiger partial charge in [0, 0.05) is 29.7 Å². The zero-order valence-corrected chi connectivity index (χ0v) is 15.5. The minimum absolute atomic E-state index is 0.0359. The Kier molecular flexibility index (Phi) is 5.46. The molecule has 0 aromatic heterocycles. The number of nitrogens with zero attached hydrogens (tertiary/aromatic N) is 1. The van der Waals surface area contributed by atoms with Gasteiger partial charge >= 0.3 is 5.97 Å². The van der Waals surface area contributed by atoms with Crippen LogP contribution in [0.2, 0.25) is 5.02 Å². The average molecular weight is 387 g/mol. The summed E-state index contributed by atoms with van der Waals surface area (Å²) >= 11 is 6.17. The Morgan fingerprint density at radius 2 is 1.96 bits per heavy atom. The molecule has 27 heavy (non-hydrogen) atoms. The third-order valence-corrected chi connectivity index (χ3v) is 4.93. The molecular formula is C20H19ClN2O4. The number of nitrogens with one attached hydrogen (secondary N) is 1. The zero-order valence-electron chi connectivity index (χ0n) is 14.7. The van der Waals surface area contributed by atoms with Gasteiger partial charge in [-0.1, -0.05) is 29.8 Å². The molecular weight excluding hydrogens is 368 g/mol. The van der Waals surface area contributed by atoms with Crippen molar-refractivity contribution in [3.8, 4) is 0 Å². The second-order valence-electron chi connectivity index (χ2n) is 6.41. The van der Waals surface area contributed by atoms with Gasteiger partial charge in [-0.2, -0.15) is 0 Å². The molecule has 1 heterocycles. The van der Waals surface area contributed by atoms with E-state index >= 15 is 0 Å². The highest BCUT2D eigenvalue weighted by molar-refractivity contribution is 6.31. The van der Waals surface area contributed by atoms with Crippen molar-refractivity contribution >= 4 is 35.1 Å². The Morgan fingerprint density at radius 1 is 1.22 bits per heavy atom. The topological polar surface area (TPSA) is 86.7 Å². The Bertz CT molecular complexity index is 913. The molecule has 1 aliphatic rings. The number of aliphatic carboxylic acids is 1. The van der Waals surface area contributed by atoms with Gasteiger partial charge in [0.2, 0.25) is 5.91 Å². The van der Waals surface area contributed by atoms with Crippen LogP contribution in [0.3, 0.4) is 0 Å². The Labute approximate surface area is 161 Å². The molecule has 2 amide bonds. The molecule has 0 aliphatic carbocycles. The van der Waals surface area contributed by atoms with Crippen molar-refractivity contribution in [2.75, 3.05) is 11.4 Å². The van der Waals surface area contributed by atoms with Crippen LogP contribution in [-0.2, 0) is 16.0 Å². The zero-order chi connectivity index (χ0) is 19.6. The number of hydrogen-bond donors (Lipinski definition) is 2. The van der Waals surface area contributed by atoms with Crippen molar-refractivity contribution in [1.29, 1.82) is 0 Å². The molecule has 3 rings (SSSR count). The van der Waals surface area contributed by atoms with E-state index in [2.05, 4.69) is 5.32 Å². The number of fused-ring (bicyclic) bond motifs is 1. The highest BCUT2D eigenvalue weighted by Crippen LogP contribution is 2.30. The summed E-state index contributed by atoms with van der Waals surface area (Å²) in [5.41, 5.74) is 2.71. The van der Waals surface area contributed by atoms with Crippen LogP contribution >= 0.6 is 11.6 Å². The van der Waals surface area contributed by atoms with Crippen LogP contribution in [0, 0.1) is 0 Å². The van der Waals surface area contributed by atoms with Gasteiger partial charge in [-0.25, -0.2) is 0 Å². The highest BCUT2D eigenvalue weighted by atomic mass is 35.5. The van der Waals surface area contributed by atoms with Gasteiger partial charge in [-0.05, 0) is 41.8 Å². The molecule has 0 fully saturated rings. The van der Waals surface area contributed by atoms with Crippen LogP contribution in [0.5, 0.6) is 0 Å². The maximum Gasteiger partial charge on any atom is 0.305 e. The Hall–Kier alpha value is -2.86. The summed E-state index contributed by atoms with van der Waals surface area (Å²) in [6.07, 6.45) is 0.400. The number of anilines is 1. The van der Waals surface area contributed by atoms with E-state index in [0.29, 0.717) is 29.1 Å². The average Bonchev–Trinajstić information content (AvgIpc) is 3.04. The highest BCUT2D eigenvalue weighted by Gasteiger charge is 2.25. The first-order chi connectivity index (χ1) is 12.9. The van der Waals surface area contributed by atoms with Crippen molar-refractivity contribution in [2.45, 2.75) is 25.8 Å². The molecule has 2 N–H and O–H groups in total. The van der Waals surface area contributed by atoms with Gasteiger partial charge in [0.05, 0.1) is 12.5 Å². The number of carboxylic acid groups (broad SMARTS) is 1. The molecule has 2 aromatic rings. The second kappa shape index (κ2) is 7.80. The first kappa shape index (κ1) is 18.9. The molecule has 1 atom stereocenters. The van der Waals surface area contributed by atoms with Crippen molar-refractivity contribution in [3.63, 3.8) is 0 Å². The Morgan fingerprint density at radius 3 is 2.63 bits per heavy atom. The first-order valence-corrected chi connectivity index (χ1v) is 8.92. The van der Waals surface area contributed by atoms with E-state index in [4.69, 9.17) is 11.6 Å². The molecule has 7 heteroatoms. The summed E-state index contributed by atoms with van der Waals surface area (Å²) in [5.74, 6) is -1.46. The summed E-state index contributed by atoms with van der Waals surface area (Å²) in [4.78, 5) is 37.3. The van der Waals surface area contributed by atoms with Crippen LogP contribution in [0.15, 0.2) is 42.5 Å². The minimum atomic E-state index is -1.04. The standard InChI is InChI=1S/C20H19ClN2O4/c1-12(24)23-9-8-13-10-14(6-7-18(13)23)20(27)22-17(11-19(25)26)15-4-2-3-5-16(15)21/h2-7,10,17H,8-9,11H2,1H3,(H,22,27)(H,25,26)/t17-/m1/s1. The van der Waals surface area contributed by atoms with Gasteiger partial charge in [-0.15, -0.1) is 0 Å². The predicted molar refractivity (Wildman–Crippen MR) is 102 cm³/mol. The van der Waals surface area contributed by atoms with Crippen LogP contribution in [-0.4, -0.2) is 29.4 Å². The third kappa shape index (κ3) is 4.11. The summed E-state index contributed by atoms with van der Waals surface area (Å²) in [6.45, 7) is 2.10. The Balaban J connectivity index is 1.83. The van der Waals surface area contributed by atoms with Crippen molar-refractivity contribution in [3.05, 3.63) is 64.2 Å². The molecule has 6 nitrogen and oxygen atoms in total. The van der Waals surface area contributed by atoms with Gasteiger partial charge in [0.15, 0.2) is 0 Å². The molecule has 0 saturated carbocycles. The van der Waals surface area contributed by atoms with E-state index in [0.717, 1.165) is 11.3 Å². The number of carboxylic acids is 1. The maximum atomic E-state index is 12.7. The minimum Gasteiger partial charge on any atom is -0.481 e. The van der Waals surface area contributed by atoms with E-state index in [1.54, 1.807) is 47.4 Å². The van der Waals surface area contributed by atoms with Crippen LogP contribution in [0.1, 0.15) is 40.9 Å². The molecule has 2 aromatic carbocycles. The van der Waals surface area contributed by atoms with E-state index < -0.39 is 12.0 Å². The van der Waals surface area contributed by atoms with Gasteiger partial charge in [0.25, 0.3) is 5.91 Å². The molecule has 0 unspecified atom stereocenters. The largest absolute Gasteiger partial charge is 0.481 e. The lowest BCUT2D eigenvalue weighted by atomic mass is 10.0. The van der Waals surface area contributed by atoms with Gasteiger partial charge < -0.3 is 15.3 Å².